The highest BCUT2D eigenvalue weighted by Gasteiger charge is 2.21. The molecule has 0 saturated carbocycles. The van der Waals surface area contributed by atoms with E-state index in [4.69, 9.17) is 16.3 Å². The maximum atomic E-state index is 12.2. The standard InChI is InChI=1S/C20H22ClNO5S2/c1-20(2,3)19(26)22-10-12-4-6-16(28-12)14(24)11-27-18(25)9-5-13(23)15-7-8-17(21)29-15/h4,6-8H,5,9-11H2,1-3H3,(H,22,26). The number of carbonyl (C=O) groups is 4. The molecule has 0 fully saturated rings. The van der Waals surface area contributed by atoms with Gasteiger partial charge in [0.1, 0.15) is 0 Å². The fourth-order valence-corrected chi connectivity index (χ4v) is 4.03. The molecule has 0 aliphatic rings. The molecule has 0 atom stereocenters. The van der Waals surface area contributed by atoms with Crippen LogP contribution in [0.1, 0.15) is 57.8 Å². The van der Waals surface area contributed by atoms with E-state index >= 15 is 0 Å². The summed E-state index contributed by atoms with van der Waals surface area (Å²) in [7, 11) is 0. The third-order valence-corrected chi connectivity index (χ3v) is 6.21. The van der Waals surface area contributed by atoms with Gasteiger partial charge in [0.2, 0.25) is 11.7 Å². The van der Waals surface area contributed by atoms with Gasteiger partial charge in [-0.15, -0.1) is 22.7 Å². The van der Waals surface area contributed by atoms with Crippen molar-refractivity contribution in [2.75, 3.05) is 6.61 Å². The number of thiophene rings is 2. The minimum atomic E-state index is -0.608. The van der Waals surface area contributed by atoms with Crippen LogP contribution in [0.4, 0.5) is 0 Å². The van der Waals surface area contributed by atoms with E-state index in [-0.39, 0.29) is 36.9 Å². The number of ether oxygens (including phenoxy) is 1. The van der Waals surface area contributed by atoms with Gasteiger partial charge in [0.15, 0.2) is 12.4 Å². The van der Waals surface area contributed by atoms with Crippen LogP contribution in [0.3, 0.4) is 0 Å². The largest absolute Gasteiger partial charge is 0.457 e. The maximum absolute atomic E-state index is 12.2. The highest BCUT2D eigenvalue weighted by atomic mass is 35.5. The average molecular weight is 456 g/mol. The monoisotopic (exact) mass is 455 g/mol. The van der Waals surface area contributed by atoms with Crippen LogP contribution in [-0.2, 0) is 20.9 Å². The van der Waals surface area contributed by atoms with Gasteiger partial charge in [-0.25, -0.2) is 0 Å². The second kappa shape index (κ2) is 10.1. The van der Waals surface area contributed by atoms with Crippen LogP contribution in [0, 0.1) is 5.41 Å². The van der Waals surface area contributed by atoms with Crippen molar-refractivity contribution in [1.82, 2.24) is 5.32 Å². The number of esters is 1. The van der Waals surface area contributed by atoms with Crippen LogP contribution in [0.15, 0.2) is 24.3 Å². The Hall–Kier alpha value is -2.03. The second-order valence-electron chi connectivity index (χ2n) is 7.31. The van der Waals surface area contributed by atoms with Gasteiger partial charge in [0.25, 0.3) is 0 Å². The third kappa shape index (κ3) is 7.38. The van der Waals surface area contributed by atoms with E-state index in [9.17, 15) is 19.2 Å². The highest BCUT2D eigenvalue weighted by Crippen LogP contribution is 2.23. The average Bonchev–Trinajstić information content (AvgIpc) is 3.30. The lowest BCUT2D eigenvalue weighted by atomic mass is 9.96. The number of Topliss-reactive ketones (excluding diaryl/α,β-unsaturated/α-hetero) is 2. The Morgan fingerprint density at radius 3 is 2.24 bits per heavy atom. The van der Waals surface area contributed by atoms with Crippen LogP contribution in [-0.4, -0.2) is 30.0 Å². The lowest BCUT2D eigenvalue weighted by Crippen LogP contribution is -2.34. The first-order valence-corrected chi connectivity index (χ1v) is 10.9. The Labute approximate surface area is 182 Å². The molecule has 2 aromatic heterocycles. The molecule has 2 heterocycles. The minimum Gasteiger partial charge on any atom is -0.457 e. The minimum absolute atomic E-state index is 0.000487. The molecule has 9 heteroatoms. The molecule has 0 aromatic carbocycles. The van der Waals surface area contributed by atoms with Gasteiger partial charge in [-0.05, 0) is 24.3 Å². The summed E-state index contributed by atoms with van der Waals surface area (Å²) in [6, 6.07) is 6.64. The molecule has 2 rings (SSSR count). The normalized spacial score (nSPS) is 11.2. The zero-order chi connectivity index (χ0) is 21.6. The molecule has 156 valence electrons. The Kier molecular flexibility index (Phi) is 8.13. The van der Waals surface area contributed by atoms with Crippen molar-refractivity contribution in [2.45, 2.75) is 40.2 Å². The Morgan fingerprint density at radius 2 is 1.62 bits per heavy atom. The van der Waals surface area contributed by atoms with E-state index in [1.54, 1.807) is 24.3 Å². The number of halogens is 1. The van der Waals surface area contributed by atoms with Crippen LogP contribution in [0.25, 0.3) is 0 Å². The molecule has 6 nitrogen and oxygen atoms in total. The Bertz CT molecular complexity index is 910. The highest BCUT2D eigenvalue weighted by molar-refractivity contribution is 7.18. The van der Waals surface area contributed by atoms with Crippen LogP contribution in [0.2, 0.25) is 4.34 Å². The number of nitrogens with one attached hydrogen (secondary N) is 1. The van der Waals surface area contributed by atoms with E-state index in [1.807, 2.05) is 20.8 Å². The fourth-order valence-electron chi connectivity index (χ4n) is 2.15. The van der Waals surface area contributed by atoms with Crippen molar-refractivity contribution in [3.63, 3.8) is 0 Å². The number of hydrogen-bond acceptors (Lipinski definition) is 7. The van der Waals surface area contributed by atoms with Crippen LogP contribution >= 0.6 is 34.3 Å². The van der Waals surface area contributed by atoms with E-state index in [0.717, 1.165) is 16.2 Å². The molecule has 0 spiro atoms. The van der Waals surface area contributed by atoms with Gasteiger partial charge in [0.05, 0.1) is 27.1 Å². The predicted molar refractivity (Wildman–Crippen MR) is 114 cm³/mol. The number of amides is 1. The van der Waals surface area contributed by atoms with Gasteiger partial charge in [-0.1, -0.05) is 32.4 Å². The van der Waals surface area contributed by atoms with Crippen molar-refractivity contribution in [2.24, 2.45) is 5.41 Å². The summed E-state index contributed by atoms with van der Waals surface area (Å²) in [4.78, 5) is 49.6. The summed E-state index contributed by atoms with van der Waals surface area (Å²) in [6.07, 6.45) is -0.101. The molecule has 1 amide bonds. The molecular formula is C20H22ClNO5S2. The Morgan fingerprint density at radius 1 is 0.966 bits per heavy atom. The van der Waals surface area contributed by atoms with Gasteiger partial charge in [-0.3, -0.25) is 19.2 Å². The summed E-state index contributed by atoms with van der Waals surface area (Å²) >= 11 is 8.18. The zero-order valence-electron chi connectivity index (χ0n) is 16.4. The molecule has 0 unspecified atom stereocenters. The predicted octanol–water partition coefficient (Wildman–Crippen LogP) is 4.51. The van der Waals surface area contributed by atoms with E-state index in [0.29, 0.717) is 20.6 Å². The maximum Gasteiger partial charge on any atom is 0.306 e. The SMILES string of the molecule is CC(C)(C)C(=O)NCc1ccc(C(=O)COC(=O)CCC(=O)c2ccc(Cl)s2)s1. The van der Waals surface area contributed by atoms with Gasteiger partial charge < -0.3 is 10.1 Å². The lowest BCUT2D eigenvalue weighted by molar-refractivity contribution is -0.142. The second-order valence-corrected chi connectivity index (χ2v) is 10.2. The summed E-state index contributed by atoms with van der Waals surface area (Å²) in [5.74, 6) is -1.20. The van der Waals surface area contributed by atoms with Crippen LogP contribution < -0.4 is 5.32 Å². The summed E-state index contributed by atoms with van der Waals surface area (Å²) in [6.45, 7) is 5.42. The van der Waals surface area contributed by atoms with Crippen molar-refractivity contribution >= 4 is 57.7 Å². The van der Waals surface area contributed by atoms with Crippen molar-refractivity contribution in [3.8, 4) is 0 Å². The molecule has 0 aliphatic heterocycles. The molecule has 0 aliphatic carbocycles. The number of rotatable bonds is 9. The number of ketones is 2. The van der Waals surface area contributed by atoms with Gasteiger partial charge >= 0.3 is 5.97 Å². The Balaban J connectivity index is 1.74. The molecule has 0 bridgehead atoms. The molecule has 29 heavy (non-hydrogen) atoms. The first-order chi connectivity index (χ1) is 13.6. The summed E-state index contributed by atoms with van der Waals surface area (Å²) in [5, 5.41) is 2.82. The molecule has 0 radical (unpaired) electrons. The number of carbonyl (C=O) groups excluding carboxylic acids is 4. The van der Waals surface area contributed by atoms with E-state index in [1.165, 1.54) is 11.3 Å². The molecular weight excluding hydrogens is 434 g/mol. The van der Waals surface area contributed by atoms with Crippen molar-refractivity contribution < 1.29 is 23.9 Å². The van der Waals surface area contributed by atoms with Gasteiger partial charge in [0, 0.05) is 16.7 Å². The molecule has 0 saturated heterocycles. The smallest absolute Gasteiger partial charge is 0.306 e. The summed E-state index contributed by atoms with van der Waals surface area (Å²) < 4.78 is 5.48. The zero-order valence-corrected chi connectivity index (χ0v) is 18.8. The molecule has 1 N–H and O–H groups in total. The first kappa shape index (κ1) is 23.3. The van der Waals surface area contributed by atoms with Crippen molar-refractivity contribution in [1.29, 1.82) is 0 Å². The van der Waals surface area contributed by atoms with Gasteiger partial charge in [-0.2, -0.15) is 0 Å². The quantitative estimate of drug-likeness (QED) is 0.443. The van der Waals surface area contributed by atoms with E-state index < -0.39 is 11.4 Å². The summed E-state index contributed by atoms with van der Waals surface area (Å²) in [5.41, 5.74) is -0.485. The van der Waals surface area contributed by atoms with E-state index in [2.05, 4.69) is 5.32 Å². The number of hydrogen-bond donors (Lipinski definition) is 1. The topological polar surface area (TPSA) is 89.5 Å². The first-order valence-electron chi connectivity index (χ1n) is 8.90. The van der Waals surface area contributed by atoms with Crippen LogP contribution in [0.5, 0.6) is 0 Å². The molecule has 2 aromatic rings. The fraction of sp³-hybridized carbons (Fsp3) is 0.400. The lowest BCUT2D eigenvalue weighted by Gasteiger charge is -2.17. The van der Waals surface area contributed by atoms with Crippen molar-refractivity contribution in [3.05, 3.63) is 43.2 Å². The third-order valence-electron chi connectivity index (χ3n) is 3.81.